The van der Waals surface area contributed by atoms with E-state index < -0.39 is 0 Å². The summed E-state index contributed by atoms with van der Waals surface area (Å²) in [5, 5.41) is 16.0. The molecule has 0 unspecified atom stereocenters. The van der Waals surface area contributed by atoms with Crippen LogP contribution >= 0.6 is 0 Å². The number of hydrogen-bond acceptors (Lipinski definition) is 5. The predicted molar refractivity (Wildman–Crippen MR) is 97.6 cm³/mol. The zero-order chi connectivity index (χ0) is 18.3. The summed E-state index contributed by atoms with van der Waals surface area (Å²) in [5.74, 6) is 0.0669. The van der Waals surface area contributed by atoms with Crippen molar-refractivity contribution in [3.63, 3.8) is 0 Å². The minimum Gasteiger partial charge on any atom is -0.333 e. The van der Waals surface area contributed by atoms with Gasteiger partial charge in [0.25, 0.3) is 5.91 Å². The maximum Gasteiger partial charge on any atom is 0.256 e. The highest BCUT2D eigenvalue weighted by atomic mass is 16.2. The Kier molecular flexibility index (Phi) is 4.20. The van der Waals surface area contributed by atoms with E-state index in [1.54, 1.807) is 17.1 Å². The predicted octanol–water partition coefficient (Wildman–Crippen LogP) is 1.35. The molecule has 1 saturated heterocycles. The van der Waals surface area contributed by atoms with Crippen molar-refractivity contribution in [2.45, 2.75) is 26.4 Å². The van der Waals surface area contributed by atoms with Crippen molar-refractivity contribution in [2.75, 3.05) is 19.6 Å². The number of rotatable bonds is 3. The molecule has 26 heavy (non-hydrogen) atoms. The third kappa shape index (κ3) is 2.96. The fourth-order valence-corrected chi connectivity index (χ4v) is 3.69. The molecule has 4 rings (SSSR count). The van der Waals surface area contributed by atoms with Crippen LogP contribution in [0.3, 0.4) is 0 Å². The number of carbonyl (C=O) groups is 1. The second-order valence-corrected chi connectivity index (χ2v) is 7.08. The van der Waals surface area contributed by atoms with Crippen LogP contribution in [0.15, 0.2) is 24.5 Å². The maximum atomic E-state index is 13.2. The van der Waals surface area contributed by atoms with E-state index in [0.29, 0.717) is 12.1 Å². The van der Waals surface area contributed by atoms with E-state index >= 15 is 0 Å². The molecule has 1 aliphatic heterocycles. The summed E-state index contributed by atoms with van der Waals surface area (Å²) in [5.41, 5.74) is 3.66. The highest BCUT2D eigenvalue weighted by Crippen LogP contribution is 2.22. The first-order valence-electron chi connectivity index (χ1n) is 8.83. The van der Waals surface area contributed by atoms with Crippen LogP contribution in [0.25, 0.3) is 10.9 Å². The van der Waals surface area contributed by atoms with E-state index in [2.05, 4.69) is 32.3 Å². The molecule has 136 valence electrons. The number of nitrogens with one attached hydrogen (secondary N) is 1. The van der Waals surface area contributed by atoms with E-state index in [9.17, 15) is 4.79 Å². The Balaban J connectivity index is 1.51. The van der Waals surface area contributed by atoms with Crippen molar-refractivity contribution in [3.05, 3.63) is 41.3 Å². The molecule has 0 aliphatic carbocycles. The lowest BCUT2D eigenvalue weighted by atomic mass is 10.0. The van der Waals surface area contributed by atoms with Crippen molar-refractivity contribution in [1.82, 2.24) is 35.0 Å². The van der Waals surface area contributed by atoms with Gasteiger partial charge in [0.2, 0.25) is 0 Å². The molecule has 3 heterocycles. The third-order valence-corrected chi connectivity index (χ3v) is 5.09. The Morgan fingerprint density at radius 3 is 2.88 bits per heavy atom. The zero-order valence-corrected chi connectivity index (χ0v) is 15.3. The van der Waals surface area contributed by atoms with Crippen LogP contribution in [-0.4, -0.2) is 66.6 Å². The van der Waals surface area contributed by atoms with Crippen LogP contribution in [0.1, 0.15) is 28.5 Å². The first-order chi connectivity index (χ1) is 12.5. The lowest BCUT2D eigenvalue weighted by Gasteiger charge is -2.39. The Morgan fingerprint density at radius 1 is 1.31 bits per heavy atom. The van der Waals surface area contributed by atoms with Crippen LogP contribution in [0.2, 0.25) is 0 Å². The number of benzene rings is 1. The summed E-state index contributed by atoms with van der Waals surface area (Å²) in [6.45, 7) is 7.27. The molecule has 0 saturated carbocycles. The van der Waals surface area contributed by atoms with Gasteiger partial charge in [-0.2, -0.15) is 5.10 Å². The lowest BCUT2D eigenvalue weighted by molar-refractivity contribution is 0.0472. The van der Waals surface area contributed by atoms with Crippen molar-refractivity contribution >= 4 is 16.8 Å². The van der Waals surface area contributed by atoms with E-state index in [1.165, 1.54) is 0 Å². The van der Waals surface area contributed by atoms with Crippen molar-refractivity contribution in [1.29, 1.82) is 0 Å². The van der Waals surface area contributed by atoms with Gasteiger partial charge < -0.3 is 4.90 Å². The molecule has 0 radical (unpaired) electrons. The first kappa shape index (κ1) is 16.7. The molecule has 8 heteroatoms. The second-order valence-electron chi connectivity index (χ2n) is 7.08. The van der Waals surface area contributed by atoms with Gasteiger partial charge in [0.1, 0.15) is 0 Å². The molecule has 1 atom stereocenters. The van der Waals surface area contributed by atoms with E-state index in [0.717, 1.165) is 41.8 Å². The number of carbonyl (C=O) groups excluding carboxylic acids is 1. The molecule has 8 nitrogen and oxygen atoms in total. The number of aryl methyl sites for hydroxylation is 2. The lowest BCUT2D eigenvalue weighted by Crippen LogP contribution is -2.53. The number of aromatic nitrogens is 5. The number of aromatic amines is 1. The van der Waals surface area contributed by atoms with Gasteiger partial charge >= 0.3 is 0 Å². The third-order valence-electron chi connectivity index (χ3n) is 5.09. The number of nitrogens with zero attached hydrogens (tertiary/aromatic N) is 6. The van der Waals surface area contributed by atoms with Gasteiger partial charge in [0.15, 0.2) is 0 Å². The highest BCUT2D eigenvalue weighted by Gasteiger charge is 2.29. The molecule has 1 aromatic carbocycles. The fourth-order valence-electron chi connectivity index (χ4n) is 3.69. The van der Waals surface area contributed by atoms with E-state index in [1.807, 2.05) is 31.0 Å². The normalized spacial score (nSPS) is 18.6. The quantitative estimate of drug-likeness (QED) is 0.768. The van der Waals surface area contributed by atoms with Gasteiger partial charge in [-0.25, -0.2) is 0 Å². The van der Waals surface area contributed by atoms with Gasteiger partial charge in [-0.3, -0.25) is 19.5 Å². The van der Waals surface area contributed by atoms with Crippen LogP contribution in [0.4, 0.5) is 0 Å². The molecule has 2 aromatic heterocycles. The minimum absolute atomic E-state index is 0.0669. The molecule has 1 fully saturated rings. The fraction of sp³-hybridized carbons (Fsp3) is 0.444. The Labute approximate surface area is 151 Å². The Bertz CT molecular complexity index is 944. The van der Waals surface area contributed by atoms with Crippen LogP contribution in [-0.2, 0) is 13.6 Å². The van der Waals surface area contributed by atoms with Crippen molar-refractivity contribution < 1.29 is 4.79 Å². The smallest absolute Gasteiger partial charge is 0.256 e. The Morgan fingerprint density at radius 2 is 2.15 bits per heavy atom. The largest absolute Gasteiger partial charge is 0.333 e. The van der Waals surface area contributed by atoms with E-state index in [4.69, 9.17) is 0 Å². The summed E-state index contributed by atoms with van der Waals surface area (Å²) in [7, 11) is 1.90. The summed E-state index contributed by atoms with van der Waals surface area (Å²) in [4.78, 5) is 17.5. The summed E-state index contributed by atoms with van der Waals surface area (Å²) >= 11 is 0. The van der Waals surface area contributed by atoms with Crippen LogP contribution in [0, 0.1) is 6.92 Å². The number of hydrogen-bond donors (Lipinski definition) is 1. The number of piperazine rings is 1. The SMILES string of the molecule is Cc1cc(C(=O)N2CCN(Cc3cnnn3C)C[C@@H]2C)c2[nH]ncc2c1. The average molecular weight is 353 g/mol. The molecule has 0 bridgehead atoms. The van der Waals surface area contributed by atoms with Crippen LogP contribution in [0.5, 0.6) is 0 Å². The second kappa shape index (κ2) is 6.53. The molecular weight excluding hydrogens is 330 g/mol. The Hall–Kier alpha value is -2.74. The molecule has 1 amide bonds. The van der Waals surface area contributed by atoms with Crippen LogP contribution < -0.4 is 0 Å². The van der Waals surface area contributed by atoms with Crippen molar-refractivity contribution in [3.8, 4) is 0 Å². The minimum atomic E-state index is 0.0669. The topological polar surface area (TPSA) is 82.9 Å². The molecule has 3 aromatic rings. The molecule has 1 N–H and O–H groups in total. The first-order valence-corrected chi connectivity index (χ1v) is 8.83. The molecule has 1 aliphatic rings. The molecular formula is C18H23N7O. The van der Waals surface area contributed by atoms with Gasteiger partial charge in [0, 0.05) is 44.7 Å². The summed E-state index contributed by atoms with van der Waals surface area (Å²) in [6.07, 6.45) is 3.56. The van der Waals surface area contributed by atoms with Gasteiger partial charge in [-0.1, -0.05) is 5.21 Å². The number of H-pyrrole nitrogens is 1. The summed E-state index contributed by atoms with van der Waals surface area (Å²) in [6, 6.07) is 4.12. The monoisotopic (exact) mass is 353 g/mol. The molecule has 0 spiro atoms. The average Bonchev–Trinajstić information content (AvgIpc) is 3.23. The number of fused-ring (bicyclic) bond motifs is 1. The zero-order valence-electron chi connectivity index (χ0n) is 15.3. The van der Waals surface area contributed by atoms with Gasteiger partial charge in [-0.15, -0.1) is 5.10 Å². The maximum absolute atomic E-state index is 13.2. The number of amides is 1. The standard InChI is InChI=1S/C18H23N7O/c1-12-6-14-8-19-21-17(14)16(7-12)18(26)25-5-4-24(10-13(25)2)11-15-9-20-22-23(15)3/h6-9,13H,4-5,10-11H2,1-3H3,(H,19,21)/t13-/m0/s1. The van der Waals surface area contributed by atoms with Crippen molar-refractivity contribution in [2.24, 2.45) is 7.05 Å². The highest BCUT2D eigenvalue weighted by molar-refractivity contribution is 6.05. The van der Waals surface area contributed by atoms with E-state index in [-0.39, 0.29) is 11.9 Å². The van der Waals surface area contributed by atoms with Gasteiger partial charge in [0.05, 0.1) is 29.2 Å². The summed E-state index contributed by atoms with van der Waals surface area (Å²) < 4.78 is 1.80. The van der Waals surface area contributed by atoms with Gasteiger partial charge in [-0.05, 0) is 31.5 Å².